The highest BCUT2D eigenvalue weighted by Crippen LogP contribution is 2.29. The number of piperidine rings is 1. The molecular formula is C29H40N2O5. The summed E-state index contributed by atoms with van der Waals surface area (Å²) in [6.07, 6.45) is 2.85. The van der Waals surface area contributed by atoms with Gasteiger partial charge >= 0.3 is 0 Å². The Kier molecular flexibility index (Phi) is 9.62. The maximum absolute atomic E-state index is 12.9. The Morgan fingerprint density at radius 2 is 1.64 bits per heavy atom. The van der Waals surface area contributed by atoms with Gasteiger partial charge in [0.15, 0.2) is 11.5 Å². The van der Waals surface area contributed by atoms with Crippen molar-refractivity contribution in [3.8, 4) is 17.2 Å². The van der Waals surface area contributed by atoms with Crippen molar-refractivity contribution in [1.29, 1.82) is 0 Å². The molecule has 0 bridgehead atoms. The molecule has 0 spiro atoms. The number of carbonyl (C=O) groups is 2. The number of rotatable bonds is 10. The standard InChI is InChI=1S/C29H40N2O5/c1-29(2,3)23-9-11-24(12-10-23)36-18-6-7-27(32)30-20-21-14-16-31(17-15-21)28(33)22-8-13-25(34-4)26(19-22)35-5/h8-13,19,21H,6-7,14-18,20H2,1-5H3,(H,30,32). The molecule has 36 heavy (non-hydrogen) atoms. The number of benzene rings is 2. The van der Waals surface area contributed by atoms with Crippen molar-refractivity contribution < 1.29 is 23.8 Å². The zero-order valence-corrected chi connectivity index (χ0v) is 22.3. The molecule has 0 aliphatic carbocycles. The summed E-state index contributed by atoms with van der Waals surface area (Å²) in [6.45, 7) is 9.07. The van der Waals surface area contributed by atoms with Crippen LogP contribution in [0.2, 0.25) is 0 Å². The Labute approximate surface area is 215 Å². The van der Waals surface area contributed by atoms with Crippen molar-refractivity contribution in [2.24, 2.45) is 5.92 Å². The van der Waals surface area contributed by atoms with Gasteiger partial charge in [-0.05, 0) is 66.5 Å². The summed E-state index contributed by atoms with van der Waals surface area (Å²) in [7, 11) is 3.13. The molecule has 0 saturated carbocycles. The Balaban J connectivity index is 1.33. The van der Waals surface area contributed by atoms with Crippen LogP contribution in [0.15, 0.2) is 42.5 Å². The van der Waals surface area contributed by atoms with Crippen LogP contribution in [-0.4, -0.2) is 57.2 Å². The van der Waals surface area contributed by atoms with Crippen molar-refractivity contribution >= 4 is 11.8 Å². The summed E-state index contributed by atoms with van der Waals surface area (Å²) in [5.41, 5.74) is 1.98. The zero-order valence-electron chi connectivity index (χ0n) is 22.3. The SMILES string of the molecule is COc1ccc(C(=O)N2CCC(CNC(=O)CCCOc3ccc(C(C)(C)C)cc3)CC2)cc1OC. The topological polar surface area (TPSA) is 77.1 Å². The molecule has 1 saturated heterocycles. The van der Waals surface area contributed by atoms with E-state index < -0.39 is 0 Å². The minimum atomic E-state index is -0.00788. The highest BCUT2D eigenvalue weighted by Gasteiger charge is 2.24. The lowest BCUT2D eigenvalue weighted by Gasteiger charge is -2.32. The molecule has 0 aromatic heterocycles. The molecule has 1 fully saturated rings. The van der Waals surface area contributed by atoms with Crippen LogP contribution in [0.4, 0.5) is 0 Å². The molecule has 0 atom stereocenters. The molecule has 1 aliphatic heterocycles. The van der Waals surface area contributed by atoms with Gasteiger partial charge in [-0.3, -0.25) is 9.59 Å². The zero-order chi connectivity index (χ0) is 26.1. The molecular weight excluding hydrogens is 456 g/mol. The number of carbonyl (C=O) groups excluding carboxylic acids is 2. The molecule has 7 heteroatoms. The summed E-state index contributed by atoms with van der Waals surface area (Å²) in [4.78, 5) is 27.0. The third-order valence-corrected chi connectivity index (χ3v) is 6.66. The average molecular weight is 497 g/mol. The van der Waals surface area contributed by atoms with E-state index in [1.807, 2.05) is 17.0 Å². The number of hydrogen-bond acceptors (Lipinski definition) is 5. The molecule has 1 heterocycles. The van der Waals surface area contributed by atoms with Crippen molar-refractivity contribution in [2.75, 3.05) is 40.5 Å². The predicted octanol–water partition coefficient (Wildman–Crippen LogP) is 4.83. The number of methoxy groups -OCH3 is 2. The van der Waals surface area contributed by atoms with Crippen LogP contribution in [-0.2, 0) is 10.2 Å². The molecule has 1 N–H and O–H groups in total. The molecule has 1 aliphatic rings. The maximum Gasteiger partial charge on any atom is 0.253 e. The first-order chi connectivity index (χ1) is 17.2. The smallest absolute Gasteiger partial charge is 0.253 e. The quantitative estimate of drug-likeness (QED) is 0.477. The Bertz CT molecular complexity index is 1010. The molecule has 2 amide bonds. The first kappa shape index (κ1) is 27.4. The Hall–Kier alpha value is -3.22. The van der Waals surface area contributed by atoms with E-state index in [0.717, 1.165) is 18.6 Å². The molecule has 196 valence electrons. The average Bonchev–Trinajstić information content (AvgIpc) is 2.89. The fourth-order valence-electron chi connectivity index (χ4n) is 4.31. The Morgan fingerprint density at radius 3 is 2.25 bits per heavy atom. The fourth-order valence-corrected chi connectivity index (χ4v) is 4.31. The molecule has 2 aromatic rings. The van der Waals surface area contributed by atoms with Gasteiger partial charge in [0.25, 0.3) is 5.91 Å². The lowest BCUT2D eigenvalue weighted by molar-refractivity contribution is -0.121. The van der Waals surface area contributed by atoms with Gasteiger partial charge in [-0.1, -0.05) is 32.9 Å². The monoisotopic (exact) mass is 496 g/mol. The van der Waals surface area contributed by atoms with Crippen molar-refractivity contribution in [3.63, 3.8) is 0 Å². The predicted molar refractivity (Wildman–Crippen MR) is 141 cm³/mol. The molecule has 2 aromatic carbocycles. The van der Waals surface area contributed by atoms with E-state index in [0.29, 0.717) is 62.1 Å². The highest BCUT2D eigenvalue weighted by atomic mass is 16.5. The van der Waals surface area contributed by atoms with E-state index in [2.05, 4.69) is 38.2 Å². The third kappa shape index (κ3) is 7.64. The molecule has 3 rings (SSSR count). The number of nitrogens with zero attached hydrogens (tertiary/aromatic N) is 1. The fraction of sp³-hybridized carbons (Fsp3) is 0.517. The Morgan fingerprint density at radius 1 is 0.972 bits per heavy atom. The third-order valence-electron chi connectivity index (χ3n) is 6.66. The van der Waals surface area contributed by atoms with E-state index in [-0.39, 0.29) is 17.2 Å². The minimum Gasteiger partial charge on any atom is -0.494 e. The van der Waals surface area contributed by atoms with Crippen molar-refractivity contribution in [3.05, 3.63) is 53.6 Å². The normalized spacial score (nSPS) is 14.3. The first-order valence-electron chi connectivity index (χ1n) is 12.7. The van der Waals surface area contributed by atoms with Crippen LogP contribution < -0.4 is 19.5 Å². The van der Waals surface area contributed by atoms with E-state index in [1.165, 1.54) is 5.56 Å². The summed E-state index contributed by atoms with van der Waals surface area (Å²) in [6, 6.07) is 13.4. The first-order valence-corrected chi connectivity index (χ1v) is 12.7. The molecule has 7 nitrogen and oxygen atoms in total. The van der Waals surface area contributed by atoms with Gasteiger partial charge in [-0.25, -0.2) is 0 Å². The second-order valence-electron chi connectivity index (χ2n) is 10.3. The summed E-state index contributed by atoms with van der Waals surface area (Å²) >= 11 is 0. The van der Waals surface area contributed by atoms with Gasteiger partial charge in [0.1, 0.15) is 5.75 Å². The van der Waals surface area contributed by atoms with Crippen LogP contribution in [0.25, 0.3) is 0 Å². The van der Waals surface area contributed by atoms with Gasteiger partial charge in [-0.2, -0.15) is 0 Å². The van der Waals surface area contributed by atoms with Crippen LogP contribution in [0, 0.1) is 5.92 Å². The van der Waals surface area contributed by atoms with Gasteiger partial charge in [-0.15, -0.1) is 0 Å². The van der Waals surface area contributed by atoms with Gasteiger partial charge in [0.2, 0.25) is 5.91 Å². The second-order valence-corrected chi connectivity index (χ2v) is 10.3. The molecule has 0 radical (unpaired) electrons. The number of likely N-dealkylation sites (tertiary alicyclic amines) is 1. The van der Waals surface area contributed by atoms with Crippen LogP contribution in [0.1, 0.15) is 62.4 Å². The van der Waals surface area contributed by atoms with E-state index in [1.54, 1.807) is 32.4 Å². The highest BCUT2D eigenvalue weighted by molar-refractivity contribution is 5.95. The maximum atomic E-state index is 12.9. The van der Waals surface area contributed by atoms with Gasteiger partial charge in [0, 0.05) is 31.6 Å². The lowest BCUT2D eigenvalue weighted by atomic mass is 9.87. The van der Waals surface area contributed by atoms with Gasteiger partial charge < -0.3 is 24.4 Å². The number of amides is 2. The van der Waals surface area contributed by atoms with Crippen LogP contribution >= 0.6 is 0 Å². The van der Waals surface area contributed by atoms with E-state index in [9.17, 15) is 9.59 Å². The van der Waals surface area contributed by atoms with Crippen LogP contribution in [0.5, 0.6) is 17.2 Å². The summed E-state index contributed by atoms with van der Waals surface area (Å²) in [5.74, 6) is 2.39. The number of ether oxygens (including phenoxy) is 3. The largest absolute Gasteiger partial charge is 0.494 e. The van der Waals surface area contributed by atoms with E-state index >= 15 is 0 Å². The van der Waals surface area contributed by atoms with E-state index in [4.69, 9.17) is 14.2 Å². The van der Waals surface area contributed by atoms with Crippen molar-refractivity contribution in [1.82, 2.24) is 10.2 Å². The lowest BCUT2D eigenvalue weighted by Crippen LogP contribution is -2.41. The van der Waals surface area contributed by atoms with Gasteiger partial charge in [0.05, 0.1) is 20.8 Å². The van der Waals surface area contributed by atoms with Crippen molar-refractivity contribution in [2.45, 2.75) is 51.9 Å². The summed E-state index contributed by atoms with van der Waals surface area (Å²) < 4.78 is 16.3. The summed E-state index contributed by atoms with van der Waals surface area (Å²) in [5, 5.41) is 3.05. The number of nitrogens with one attached hydrogen (secondary N) is 1. The minimum absolute atomic E-state index is 0.00788. The molecule has 0 unspecified atom stereocenters. The second kappa shape index (κ2) is 12.7. The van der Waals surface area contributed by atoms with Crippen LogP contribution in [0.3, 0.4) is 0 Å². The number of hydrogen-bond donors (Lipinski definition) is 1.